The fraction of sp³-hybridized carbons (Fsp3) is 0.350. The van der Waals surface area contributed by atoms with E-state index in [0.29, 0.717) is 11.6 Å². The predicted octanol–water partition coefficient (Wildman–Crippen LogP) is 2.92. The number of hydrogen-bond donors (Lipinski definition) is 1. The Balaban J connectivity index is 2.52. The Labute approximate surface area is 176 Å². The van der Waals surface area contributed by atoms with Crippen molar-refractivity contribution >= 4 is 33.2 Å². The van der Waals surface area contributed by atoms with Crippen LogP contribution in [0.4, 0.5) is 5.69 Å². The molecule has 0 aliphatic carbocycles. The van der Waals surface area contributed by atoms with Gasteiger partial charge in [0.2, 0.25) is 5.91 Å². The van der Waals surface area contributed by atoms with Gasteiger partial charge in [0.1, 0.15) is 17.2 Å². The van der Waals surface area contributed by atoms with Crippen LogP contribution >= 0.6 is 11.6 Å². The first-order chi connectivity index (χ1) is 13.7. The number of ether oxygens (including phenoxy) is 2. The summed E-state index contributed by atoms with van der Waals surface area (Å²) in [6.45, 7) is 3.77. The number of amides is 1. The number of sulfonamides is 1. The van der Waals surface area contributed by atoms with Gasteiger partial charge in [0.05, 0.1) is 19.4 Å². The Hall–Kier alpha value is -2.29. The lowest BCUT2D eigenvalue weighted by Crippen LogP contribution is -2.41. The molecule has 0 atom stereocenters. The van der Waals surface area contributed by atoms with Gasteiger partial charge in [-0.25, -0.2) is 8.42 Å². The Morgan fingerprint density at radius 3 is 2.48 bits per heavy atom. The Morgan fingerprint density at radius 2 is 1.86 bits per heavy atom. The van der Waals surface area contributed by atoms with E-state index in [9.17, 15) is 13.2 Å². The third-order valence-electron chi connectivity index (χ3n) is 4.25. The summed E-state index contributed by atoms with van der Waals surface area (Å²) in [5, 5.41) is 3.04. The van der Waals surface area contributed by atoms with Crippen LogP contribution in [-0.2, 0) is 19.6 Å². The molecule has 0 unspecified atom stereocenters. The van der Waals surface area contributed by atoms with E-state index in [2.05, 4.69) is 5.32 Å². The largest absolute Gasteiger partial charge is 0.495 e. The molecular weight excluding hydrogens is 416 g/mol. The van der Waals surface area contributed by atoms with Gasteiger partial charge in [0.25, 0.3) is 10.0 Å². The van der Waals surface area contributed by atoms with Crippen LogP contribution in [0.3, 0.4) is 0 Å². The first-order valence-corrected chi connectivity index (χ1v) is 10.7. The summed E-state index contributed by atoms with van der Waals surface area (Å²) >= 11 is 6.21. The molecule has 2 aromatic carbocycles. The van der Waals surface area contributed by atoms with Crippen LogP contribution < -0.4 is 14.4 Å². The lowest BCUT2D eigenvalue weighted by molar-refractivity contribution is -0.119. The van der Waals surface area contributed by atoms with Crippen LogP contribution in [0, 0.1) is 13.8 Å². The van der Waals surface area contributed by atoms with E-state index in [1.165, 1.54) is 26.4 Å². The first-order valence-electron chi connectivity index (χ1n) is 8.90. The van der Waals surface area contributed by atoms with E-state index in [1.807, 2.05) is 6.92 Å². The van der Waals surface area contributed by atoms with Crippen LogP contribution in [0.25, 0.3) is 0 Å². The molecule has 2 rings (SSSR count). The number of nitrogens with one attached hydrogen (secondary N) is 1. The number of hydrogen-bond acceptors (Lipinski definition) is 5. The Bertz CT molecular complexity index is 979. The molecule has 0 radical (unpaired) electrons. The van der Waals surface area contributed by atoms with Crippen molar-refractivity contribution in [2.45, 2.75) is 18.7 Å². The minimum atomic E-state index is -4.12. The molecule has 1 N–H and O–H groups in total. The second-order valence-corrected chi connectivity index (χ2v) is 8.68. The average molecular weight is 441 g/mol. The maximum absolute atomic E-state index is 13.5. The first kappa shape index (κ1) is 23.0. The van der Waals surface area contributed by atoms with Crippen LogP contribution in [-0.4, -0.2) is 48.2 Å². The van der Waals surface area contributed by atoms with Crippen molar-refractivity contribution < 1.29 is 22.7 Å². The van der Waals surface area contributed by atoms with E-state index in [-0.39, 0.29) is 22.9 Å². The molecule has 29 heavy (non-hydrogen) atoms. The SMILES string of the molecule is COCCNC(=O)CN(c1ccc(C)c(Cl)c1)S(=O)(=O)c1cc(C)ccc1OC. The number of carbonyl (C=O) groups is 1. The fourth-order valence-electron chi connectivity index (χ4n) is 2.64. The number of anilines is 1. The van der Waals surface area contributed by atoms with Crippen LogP contribution in [0.2, 0.25) is 5.02 Å². The van der Waals surface area contributed by atoms with E-state index in [4.69, 9.17) is 21.1 Å². The molecule has 0 fully saturated rings. The number of aryl methyl sites for hydroxylation is 2. The quantitative estimate of drug-likeness (QED) is 0.606. The smallest absolute Gasteiger partial charge is 0.268 e. The normalized spacial score (nSPS) is 11.2. The average Bonchev–Trinajstić information content (AvgIpc) is 2.68. The van der Waals surface area contributed by atoms with E-state index >= 15 is 0 Å². The van der Waals surface area contributed by atoms with Gasteiger partial charge in [-0.2, -0.15) is 0 Å². The monoisotopic (exact) mass is 440 g/mol. The molecule has 0 heterocycles. The summed E-state index contributed by atoms with van der Waals surface area (Å²) in [4.78, 5) is 12.4. The number of carbonyl (C=O) groups excluding carboxylic acids is 1. The molecule has 7 nitrogen and oxygen atoms in total. The predicted molar refractivity (Wildman–Crippen MR) is 113 cm³/mol. The highest BCUT2D eigenvalue weighted by Crippen LogP contribution is 2.32. The Kier molecular flexibility index (Phi) is 7.89. The van der Waals surface area contributed by atoms with Crippen molar-refractivity contribution in [1.29, 1.82) is 0 Å². The molecule has 158 valence electrons. The van der Waals surface area contributed by atoms with Gasteiger partial charge in [-0.15, -0.1) is 0 Å². The zero-order chi connectivity index (χ0) is 21.6. The summed E-state index contributed by atoms with van der Waals surface area (Å²) in [7, 11) is -1.20. The van der Waals surface area contributed by atoms with Gasteiger partial charge in [-0.3, -0.25) is 9.10 Å². The van der Waals surface area contributed by atoms with Crippen LogP contribution in [0.15, 0.2) is 41.3 Å². The molecule has 0 saturated heterocycles. The van der Waals surface area contributed by atoms with E-state index < -0.39 is 22.5 Å². The molecule has 9 heteroatoms. The second kappa shape index (κ2) is 9.96. The lowest BCUT2D eigenvalue weighted by Gasteiger charge is -2.25. The van der Waals surface area contributed by atoms with Crippen molar-refractivity contribution in [1.82, 2.24) is 5.32 Å². The summed E-state index contributed by atoms with van der Waals surface area (Å²) in [5.74, 6) is -0.271. The van der Waals surface area contributed by atoms with Gasteiger partial charge in [-0.05, 0) is 49.2 Å². The minimum absolute atomic E-state index is 0.0265. The van der Waals surface area contributed by atoms with Gasteiger partial charge in [0, 0.05) is 18.7 Å². The lowest BCUT2D eigenvalue weighted by atomic mass is 10.2. The minimum Gasteiger partial charge on any atom is -0.495 e. The van der Waals surface area contributed by atoms with Gasteiger partial charge >= 0.3 is 0 Å². The highest BCUT2D eigenvalue weighted by atomic mass is 35.5. The zero-order valence-electron chi connectivity index (χ0n) is 16.9. The zero-order valence-corrected chi connectivity index (χ0v) is 18.4. The number of nitrogens with zero attached hydrogens (tertiary/aromatic N) is 1. The summed E-state index contributed by atoms with van der Waals surface area (Å²) in [6.07, 6.45) is 0. The molecule has 0 aliphatic rings. The molecule has 0 bridgehead atoms. The third-order valence-corrected chi connectivity index (χ3v) is 6.45. The number of benzene rings is 2. The summed E-state index contributed by atoms with van der Waals surface area (Å²) < 4.78 is 38.2. The van der Waals surface area contributed by atoms with Gasteiger partial charge in [-0.1, -0.05) is 23.7 Å². The highest BCUT2D eigenvalue weighted by Gasteiger charge is 2.30. The number of rotatable bonds is 9. The maximum atomic E-state index is 13.5. The summed E-state index contributed by atoms with van der Waals surface area (Å²) in [6, 6.07) is 9.70. The van der Waals surface area contributed by atoms with E-state index in [1.54, 1.807) is 31.2 Å². The molecule has 0 spiro atoms. The van der Waals surface area contributed by atoms with E-state index in [0.717, 1.165) is 15.4 Å². The molecule has 0 aliphatic heterocycles. The second-order valence-electron chi connectivity index (χ2n) is 6.44. The van der Waals surface area contributed by atoms with Crippen LogP contribution in [0.5, 0.6) is 5.75 Å². The standard InChI is InChI=1S/C20H25ClN2O5S/c1-14-5-8-18(28-4)19(11-14)29(25,26)23(13-20(24)22-9-10-27-3)16-7-6-15(2)17(21)12-16/h5-8,11-12H,9-10,13H2,1-4H3,(H,22,24). The molecule has 0 saturated carbocycles. The number of methoxy groups -OCH3 is 2. The van der Waals surface area contributed by atoms with Crippen LogP contribution in [0.1, 0.15) is 11.1 Å². The third kappa shape index (κ3) is 5.62. The van der Waals surface area contributed by atoms with Crippen molar-refractivity contribution in [2.24, 2.45) is 0 Å². The highest BCUT2D eigenvalue weighted by molar-refractivity contribution is 7.93. The molecule has 1 amide bonds. The van der Waals surface area contributed by atoms with Crippen molar-refractivity contribution in [3.05, 3.63) is 52.5 Å². The van der Waals surface area contributed by atoms with Crippen molar-refractivity contribution in [3.63, 3.8) is 0 Å². The van der Waals surface area contributed by atoms with Gasteiger partial charge in [0.15, 0.2) is 0 Å². The topological polar surface area (TPSA) is 84.9 Å². The molecule has 2 aromatic rings. The number of halogens is 1. The van der Waals surface area contributed by atoms with Crippen molar-refractivity contribution in [3.8, 4) is 5.75 Å². The van der Waals surface area contributed by atoms with Gasteiger partial charge < -0.3 is 14.8 Å². The molecular formula is C20H25ClN2O5S. The molecule has 0 aromatic heterocycles. The fourth-order valence-corrected chi connectivity index (χ4v) is 4.47. The van der Waals surface area contributed by atoms with Crippen molar-refractivity contribution in [2.75, 3.05) is 38.2 Å². The summed E-state index contributed by atoms with van der Waals surface area (Å²) in [5.41, 5.74) is 1.83. The Morgan fingerprint density at radius 1 is 1.14 bits per heavy atom. The maximum Gasteiger partial charge on any atom is 0.268 e.